The Morgan fingerprint density at radius 2 is 1.67 bits per heavy atom. The fourth-order valence-corrected chi connectivity index (χ4v) is 5.89. The number of aryl methyl sites for hydroxylation is 2. The number of Topliss-reactive ketones (excluding diaryl/α,β-unsaturated/α-hetero) is 2. The second-order valence-corrected chi connectivity index (χ2v) is 10.5. The van der Waals surface area contributed by atoms with Crippen LogP contribution in [0.1, 0.15) is 80.5 Å². The molecule has 0 aromatic heterocycles. The van der Waals surface area contributed by atoms with E-state index in [4.69, 9.17) is 9.57 Å². The predicted molar refractivity (Wildman–Crippen MR) is 137 cm³/mol. The van der Waals surface area contributed by atoms with E-state index in [1.807, 2.05) is 26.0 Å². The molecule has 1 aromatic rings. The topological polar surface area (TPSA) is 85.3 Å². The Hall–Kier alpha value is -2.98. The van der Waals surface area contributed by atoms with Gasteiger partial charge < -0.3 is 14.5 Å². The largest absolute Gasteiger partial charge is 0.392 e. The van der Waals surface area contributed by atoms with Gasteiger partial charge >= 0.3 is 0 Å². The van der Waals surface area contributed by atoms with Crippen molar-refractivity contribution in [1.29, 1.82) is 0 Å². The van der Waals surface area contributed by atoms with Crippen molar-refractivity contribution in [3.63, 3.8) is 0 Å². The van der Waals surface area contributed by atoms with Gasteiger partial charge in [0, 0.05) is 44.3 Å². The number of ether oxygens (including phenoxy) is 1. The molecule has 36 heavy (non-hydrogen) atoms. The summed E-state index contributed by atoms with van der Waals surface area (Å²) in [5.74, 6) is 5.11. The van der Waals surface area contributed by atoms with Gasteiger partial charge in [-0.25, -0.2) is 0 Å². The number of hydrogen-bond donors (Lipinski definition) is 0. The fourth-order valence-electron chi connectivity index (χ4n) is 5.89. The minimum absolute atomic E-state index is 0.00541. The highest BCUT2D eigenvalue weighted by molar-refractivity contribution is 6.37. The molecule has 7 heteroatoms. The zero-order chi connectivity index (χ0) is 25.9. The lowest BCUT2D eigenvalue weighted by molar-refractivity contribution is -0.139. The molecule has 1 aromatic carbocycles. The van der Waals surface area contributed by atoms with Crippen molar-refractivity contribution in [2.75, 3.05) is 26.3 Å². The van der Waals surface area contributed by atoms with E-state index in [9.17, 15) is 14.4 Å². The number of amides is 1. The molecule has 2 heterocycles. The SMILES string of the molecule is CC#Cc1cc(C)c(C2C(=O)CC3(CCN(C(=O)/C(C)=N/OC4CCOCC4)CC3)CC2=O)c(C)c1. The van der Waals surface area contributed by atoms with Crippen molar-refractivity contribution in [1.82, 2.24) is 4.90 Å². The van der Waals surface area contributed by atoms with Crippen LogP contribution < -0.4 is 0 Å². The number of ketones is 2. The van der Waals surface area contributed by atoms with Crippen LogP contribution in [0.25, 0.3) is 0 Å². The van der Waals surface area contributed by atoms with E-state index in [-0.39, 0.29) is 29.0 Å². The molecule has 1 spiro atoms. The van der Waals surface area contributed by atoms with Crippen LogP contribution >= 0.6 is 0 Å². The molecule has 2 aliphatic heterocycles. The summed E-state index contributed by atoms with van der Waals surface area (Å²) in [5.41, 5.74) is 3.58. The molecular formula is C29H36N2O5. The van der Waals surface area contributed by atoms with Gasteiger partial charge in [0.2, 0.25) is 0 Å². The summed E-state index contributed by atoms with van der Waals surface area (Å²) in [6.45, 7) is 9.69. The minimum atomic E-state index is -0.698. The van der Waals surface area contributed by atoms with Gasteiger partial charge in [-0.05, 0) is 74.8 Å². The van der Waals surface area contributed by atoms with Gasteiger partial charge in [-0.3, -0.25) is 14.4 Å². The second-order valence-electron chi connectivity index (χ2n) is 10.5. The number of hydrogen-bond acceptors (Lipinski definition) is 6. The van der Waals surface area contributed by atoms with E-state index < -0.39 is 5.92 Å². The monoisotopic (exact) mass is 492 g/mol. The molecule has 0 bridgehead atoms. The van der Waals surface area contributed by atoms with Crippen LogP contribution in [0.4, 0.5) is 0 Å². The van der Waals surface area contributed by atoms with Crippen molar-refractivity contribution in [2.45, 2.75) is 78.2 Å². The average molecular weight is 493 g/mol. The van der Waals surface area contributed by atoms with Gasteiger partial charge in [-0.15, -0.1) is 5.92 Å². The molecule has 192 valence electrons. The van der Waals surface area contributed by atoms with Crippen molar-refractivity contribution in [3.8, 4) is 11.8 Å². The summed E-state index contributed by atoms with van der Waals surface area (Å²) < 4.78 is 5.32. The quantitative estimate of drug-likeness (QED) is 0.276. The lowest BCUT2D eigenvalue weighted by Gasteiger charge is -2.44. The lowest BCUT2D eigenvalue weighted by Crippen LogP contribution is -2.49. The Balaban J connectivity index is 1.39. The summed E-state index contributed by atoms with van der Waals surface area (Å²) in [6.07, 6.45) is 3.56. The van der Waals surface area contributed by atoms with Crippen molar-refractivity contribution < 1.29 is 24.0 Å². The predicted octanol–water partition coefficient (Wildman–Crippen LogP) is 3.87. The van der Waals surface area contributed by atoms with E-state index in [0.717, 1.165) is 35.1 Å². The Morgan fingerprint density at radius 3 is 2.22 bits per heavy atom. The molecule has 1 saturated carbocycles. The third-order valence-corrected chi connectivity index (χ3v) is 7.82. The highest BCUT2D eigenvalue weighted by Crippen LogP contribution is 2.46. The summed E-state index contributed by atoms with van der Waals surface area (Å²) in [5, 5.41) is 4.08. The van der Waals surface area contributed by atoms with Crippen molar-refractivity contribution >= 4 is 23.2 Å². The summed E-state index contributed by atoms with van der Waals surface area (Å²) >= 11 is 0. The van der Waals surface area contributed by atoms with E-state index in [2.05, 4.69) is 17.0 Å². The average Bonchev–Trinajstić information content (AvgIpc) is 2.84. The summed E-state index contributed by atoms with van der Waals surface area (Å²) in [7, 11) is 0. The maximum atomic E-state index is 13.4. The molecule has 1 amide bonds. The first-order chi connectivity index (χ1) is 17.2. The molecule has 3 fully saturated rings. The molecule has 2 saturated heterocycles. The molecule has 0 radical (unpaired) electrons. The molecule has 0 N–H and O–H groups in total. The fraction of sp³-hybridized carbons (Fsp3) is 0.586. The number of rotatable bonds is 4. The molecule has 0 atom stereocenters. The molecule has 3 aliphatic rings. The van der Waals surface area contributed by atoms with E-state index in [1.165, 1.54) is 0 Å². The van der Waals surface area contributed by atoms with E-state index >= 15 is 0 Å². The first kappa shape index (κ1) is 26.1. The first-order valence-electron chi connectivity index (χ1n) is 12.9. The van der Waals surface area contributed by atoms with Crippen molar-refractivity contribution in [2.24, 2.45) is 10.6 Å². The van der Waals surface area contributed by atoms with Crippen molar-refractivity contribution in [3.05, 3.63) is 34.4 Å². The summed E-state index contributed by atoms with van der Waals surface area (Å²) in [6, 6.07) is 3.92. The molecule has 7 nitrogen and oxygen atoms in total. The van der Waals surface area contributed by atoms with Gasteiger partial charge in [0.25, 0.3) is 5.91 Å². The van der Waals surface area contributed by atoms with Crippen LogP contribution in [0.5, 0.6) is 0 Å². The highest BCUT2D eigenvalue weighted by atomic mass is 16.6. The van der Waals surface area contributed by atoms with Gasteiger partial charge in [-0.2, -0.15) is 0 Å². The third-order valence-electron chi connectivity index (χ3n) is 7.82. The normalized spacial score (nSPS) is 21.3. The van der Waals surface area contributed by atoms with Gasteiger partial charge in [0.15, 0.2) is 0 Å². The van der Waals surface area contributed by atoms with E-state index in [1.54, 1.807) is 18.7 Å². The smallest absolute Gasteiger partial charge is 0.271 e. The molecule has 4 rings (SSSR count). The van der Waals surface area contributed by atoms with Crippen LogP contribution in [0.15, 0.2) is 17.3 Å². The van der Waals surface area contributed by atoms with Gasteiger partial charge in [0.1, 0.15) is 29.3 Å². The molecule has 1 aliphatic carbocycles. The van der Waals surface area contributed by atoms with Crippen LogP contribution in [-0.2, 0) is 24.0 Å². The number of piperidine rings is 1. The maximum absolute atomic E-state index is 13.4. The highest BCUT2D eigenvalue weighted by Gasteiger charge is 2.48. The number of oxime groups is 1. The minimum Gasteiger partial charge on any atom is -0.392 e. The van der Waals surface area contributed by atoms with Gasteiger partial charge in [0.05, 0.1) is 13.2 Å². The van der Waals surface area contributed by atoms with Crippen LogP contribution in [0.3, 0.4) is 0 Å². The maximum Gasteiger partial charge on any atom is 0.271 e. The standard InChI is InChI=1S/C29H36N2O5/c1-5-6-22-15-19(2)26(20(3)16-22)27-24(32)17-29(18-25(27)33)9-11-31(12-10-29)28(34)21(4)30-36-23-7-13-35-14-8-23/h15-16,23,27H,7-14,17-18H2,1-4H3/b30-21+. The number of likely N-dealkylation sites (tertiary alicyclic amines) is 1. The third kappa shape index (κ3) is 5.54. The van der Waals surface area contributed by atoms with Crippen LogP contribution in [-0.4, -0.2) is 60.5 Å². The zero-order valence-corrected chi connectivity index (χ0v) is 21.8. The second kappa shape index (κ2) is 11.0. The molecule has 0 unspecified atom stereocenters. The molecular weight excluding hydrogens is 456 g/mol. The number of benzene rings is 1. The Morgan fingerprint density at radius 1 is 1.08 bits per heavy atom. The first-order valence-corrected chi connectivity index (χ1v) is 12.9. The Bertz CT molecular complexity index is 1090. The van der Waals surface area contributed by atoms with E-state index in [0.29, 0.717) is 57.7 Å². The van der Waals surface area contributed by atoms with Crippen LogP contribution in [0.2, 0.25) is 0 Å². The number of nitrogens with zero attached hydrogens (tertiary/aromatic N) is 2. The lowest BCUT2D eigenvalue weighted by atomic mass is 9.62. The summed E-state index contributed by atoms with van der Waals surface area (Å²) in [4.78, 5) is 47.0. The van der Waals surface area contributed by atoms with Crippen LogP contribution in [0, 0.1) is 31.1 Å². The number of carbonyl (C=O) groups is 3. The number of carbonyl (C=O) groups excluding carboxylic acids is 3. The van der Waals surface area contributed by atoms with Gasteiger partial charge in [-0.1, -0.05) is 11.1 Å². The zero-order valence-electron chi connectivity index (χ0n) is 21.8. The Kier molecular flexibility index (Phi) is 7.94. The Labute approximate surface area is 213 Å².